The maximum atomic E-state index is 12.6. The van der Waals surface area contributed by atoms with E-state index in [0.29, 0.717) is 24.4 Å². The summed E-state index contributed by atoms with van der Waals surface area (Å²) in [6.07, 6.45) is 2.62. The second kappa shape index (κ2) is 6.99. The molecular formula is C17H26N2O3. The summed E-state index contributed by atoms with van der Waals surface area (Å²) in [4.78, 5) is 26.7. The summed E-state index contributed by atoms with van der Waals surface area (Å²) < 4.78 is 5.44. The number of piperidine rings is 1. The van der Waals surface area contributed by atoms with Crippen LogP contribution in [0.3, 0.4) is 0 Å². The summed E-state index contributed by atoms with van der Waals surface area (Å²) >= 11 is 0. The van der Waals surface area contributed by atoms with Crippen molar-refractivity contribution >= 4 is 11.8 Å². The van der Waals surface area contributed by atoms with E-state index in [-0.39, 0.29) is 23.8 Å². The number of carbonyl (C=O) groups excluding carboxylic acids is 2. The number of likely N-dealkylation sites (tertiary alicyclic amines) is 1. The molecule has 1 saturated heterocycles. The lowest BCUT2D eigenvalue weighted by Gasteiger charge is -2.32. The smallest absolute Gasteiger partial charge is 0.257 e. The highest BCUT2D eigenvalue weighted by Gasteiger charge is 2.30. The average molecular weight is 306 g/mol. The van der Waals surface area contributed by atoms with E-state index >= 15 is 0 Å². The van der Waals surface area contributed by atoms with E-state index in [1.54, 1.807) is 17.9 Å². The first-order chi connectivity index (χ1) is 10.4. The Hall–Kier alpha value is -1.78. The summed E-state index contributed by atoms with van der Waals surface area (Å²) in [5.74, 6) is 1.31. The molecule has 122 valence electrons. The molecule has 0 aliphatic carbocycles. The van der Waals surface area contributed by atoms with Gasteiger partial charge in [0, 0.05) is 19.1 Å². The van der Waals surface area contributed by atoms with Crippen LogP contribution in [-0.2, 0) is 4.79 Å². The lowest BCUT2D eigenvalue weighted by atomic mass is 9.96. The highest BCUT2D eigenvalue weighted by Crippen LogP contribution is 2.22. The fraction of sp³-hybridized carbons (Fsp3) is 0.647. The van der Waals surface area contributed by atoms with Gasteiger partial charge >= 0.3 is 0 Å². The second-order valence-corrected chi connectivity index (χ2v) is 6.24. The molecule has 2 atom stereocenters. The second-order valence-electron chi connectivity index (χ2n) is 6.24. The van der Waals surface area contributed by atoms with Crippen LogP contribution in [0.4, 0.5) is 0 Å². The Labute approximate surface area is 132 Å². The van der Waals surface area contributed by atoms with Gasteiger partial charge < -0.3 is 14.6 Å². The van der Waals surface area contributed by atoms with Crippen molar-refractivity contribution in [1.29, 1.82) is 0 Å². The Balaban J connectivity index is 2.02. The maximum absolute atomic E-state index is 12.6. The molecule has 5 heteroatoms. The Kier molecular flexibility index (Phi) is 5.27. The Bertz CT molecular complexity index is 550. The minimum atomic E-state index is -0.111. The lowest BCUT2D eigenvalue weighted by molar-refractivity contribution is -0.126. The fourth-order valence-electron chi connectivity index (χ4n) is 2.85. The van der Waals surface area contributed by atoms with Crippen molar-refractivity contribution in [2.75, 3.05) is 13.1 Å². The van der Waals surface area contributed by atoms with Crippen LogP contribution in [-0.4, -0.2) is 35.8 Å². The van der Waals surface area contributed by atoms with Gasteiger partial charge in [-0.05, 0) is 46.1 Å². The number of amides is 2. The molecule has 0 radical (unpaired) electrons. The van der Waals surface area contributed by atoms with Crippen LogP contribution < -0.4 is 5.32 Å². The molecule has 0 bridgehead atoms. The molecule has 1 fully saturated rings. The van der Waals surface area contributed by atoms with Gasteiger partial charge in [0.1, 0.15) is 11.5 Å². The maximum Gasteiger partial charge on any atom is 0.257 e. The van der Waals surface area contributed by atoms with E-state index in [1.807, 2.05) is 20.8 Å². The topological polar surface area (TPSA) is 62.6 Å². The molecule has 0 unspecified atom stereocenters. The molecule has 2 rings (SSSR count). The van der Waals surface area contributed by atoms with Gasteiger partial charge in [-0.1, -0.05) is 6.92 Å². The number of furan rings is 1. The zero-order chi connectivity index (χ0) is 16.3. The standard InChI is InChI=1S/C17H26N2O3/c1-5-11(2)18-16(20)14-7-6-8-19(10-14)17(21)15-9-12(3)22-13(15)4/h9,11,14H,5-8,10H2,1-4H3,(H,18,20)/t11-,14-/m0/s1. The number of rotatable bonds is 4. The molecule has 0 spiro atoms. The van der Waals surface area contributed by atoms with Crippen LogP contribution in [0.1, 0.15) is 55.0 Å². The van der Waals surface area contributed by atoms with E-state index in [0.717, 1.165) is 25.0 Å². The third kappa shape index (κ3) is 3.70. The minimum Gasteiger partial charge on any atom is -0.466 e. The Morgan fingerprint density at radius 3 is 2.77 bits per heavy atom. The number of carbonyl (C=O) groups is 2. The highest BCUT2D eigenvalue weighted by molar-refractivity contribution is 5.95. The molecule has 1 aromatic heterocycles. The van der Waals surface area contributed by atoms with E-state index < -0.39 is 0 Å². The SMILES string of the molecule is CC[C@H](C)NC(=O)[C@H]1CCCN(C(=O)c2cc(C)oc2C)C1. The van der Waals surface area contributed by atoms with Crippen molar-refractivity contribution < 1.29 is 14.0 Å². The van der Waals surface area contributed by atoms with Gasteiger partial charge in [0.15, 0.2) is 0 Å². The monoisotopic (exact) mass is 306 g/mol. The summed E-state index contributed by atoms with van der Waals surface area (Å²) in [6, 6.07) is 1.96. The number of aryl methyl sites for hydroxylation is 2. The van der Waals surface area contributed by atoms with Crippen molar-refractivity contribution in [2.45, 2.75) is 53.0 Å². The van der Waals surface area contributed by atoms with Gasteiger partial charge in [-0.3, -0.25) is 9.59 Å². The van der Waals surface area contributed by atoms with E-state index in [4.69, 9.17) is 4.42 Å². The first-order valence-electron chi connectivity index (χ1n) is 8.09. The molecule has 2 heterocycles. The lowest BCUT2D eigenvalue weighted by Crippen LogP contribution is -2.47. The number of nitrogens with one attached hydrogen (secondary N) is 1. The fourth-order valence-corrected chi connectivity index (χ4v) is 2.85. The number of nitrogens with zero attached hydrogens (tertiary/aromatic N) is 1. The zero-order valence-corrected chi connectivity index (χ0v) is 13.9. The molecular weight excluding hydrogens is 280 g/mol. The predicted molar refractivity (Wildman–Crippen MR) is 84.7 cm³/mol. The van der Waals surface area contributed by atoms with E-state index in [2.05, 4.69) is 5.32 Å². The van der Waals surface area contributed by atoms with Crippen LogP contribution in [0.15, 0.2) is 10.5 Å². The number of hydrogen-bond acceptors (Lipinski definition) is 3. The van der Waals surface area contributed by atoms with Crippen molar-refractivity contribution in [1.82, 2.24) is 10.2 Å². The number of hydrogen-bond donors (Lipinski definition) is 1. The molecule has 1 aromatic rings. The summed E-state index contributed by atoms with van der Waals surface area (Å²) in [7, 11) is 0. The van der Waals surface area contributed by atoms with Crippen molar-refractivity contribution in [3.05, 3.63) is 23.2 Å². The Morgan fingerprint density at radius 1 is 1.45 bits per heavy atom. The largest absolute Gasteiger partial charge is 0.466 e. The van der Waals surface area contributed by atoms with Crippen LogP contribution in [0.2, 0.25) is 0 Å². The van der Waals surface area contributed by atoms with E-state index in [1.165, 1.54) is 0 Å². The van der Waals surface area contributed by atoms with Crippen LogP contribution in [0.25, 0.3) is 0 Å². The molecule has 0 saturated carbocycles. The van der Waals surface area contributed by atoms with Crippen LogP contribution in [0.5, 0.6) is 0 Å². The highest BCUT2D eigenvalue weighted by atomic mass is 16.3. The van der Waals surface area contributed by atoms with Gasteiger partial charge in [0.05, 0.1) is 11.5 Å². The van der Waals surface area contributed by atoms with E-state index in [9.17, 15) is 9.59 Å². The molecule has 2 amide bonds. The summed E-state index contributed by atoms with van der Waals surface area (Å²) in [6.45, 7) is 8.88. The van der Waals surface area contributed by atoms with Gasteiger partial charge in [-0.25, -0.2) is 0 Å². The minimum absolute atomic E-state index is 0.0320. The molecule has 5 nitrogen and oxygen atoms in total. The average Bonchev–Trinajstić information content (AvgIpc) is 2.85. The summed E-state index contributed by atoms with van der Waals surface area (Å²) in [5, 5.41) is 3.02. The first-order valence-corrected chi connectivity index (χ1v) is 8.09. The van der Waals surface area contributed by atoms with Gasteiger partial charge in [-0.2, -0.15) is 0 Å². The normalized spacial score (nSPS) is 19.8. The van der Waals surface area contributed by atoms with Crippen molar-refractivity contribution in [3.8, 4) is 0 Å². The van der Waals surface area contributed by atoms with Gasteiger partial charge in [-0.15, -0.1) is 0 Å². The molecule has 1 N–H and O–H groups in total. The third-order valence-corrected chi connectivity index (χ3v) is 4.35. The van der Waals surface area contributed by atoms with Gasteiger partial charge in [0.25, 0.3) is 5.91 Å². The summed E-state index contributed by atoms with van der Waals surface area (Å²) in [5.41, 5.74) is 0.612. The molecule has 1 aliphatic rings. The van der Waals surface area contributed by atoms with Crippen LogP contribution >= 0.6 is 0 Å². The molecule has 22 heavy (non-hydrogen) atoms. The van der Waals surface area contributed by atoms with Crippen molar-refractivity contribution in [2.24, 2.45) is 5.92 Å². The van der Waals surface area contributed by atoms with Gasteiger partial charge in [0.2, 0.25) is 5.91 Å². The molecule has 0 aromatic carbocycles. The van der Waals surface area contributed by atoms with Crippen LogP contribution in [0, 0.1) is 19.8 Å². The molecule has 1 aliphatic heterocycles. The quantitative estimate of drug-likeness (QED) is 0.930. The predicted octanol–water partition coefficient (Wildman–Crippen LogP) is 2.66. The third-order valence-electron chi connectivity index (χ3n) is 4.35. The first kappa shape index (κ1) is 16.6. The zero-order valence-electron chi connectivity index (χ0n) is 13.9. The van der Waals surface area contributed by atoms with Crippen molar-refractivity contribution in [3.63, 3.8) is 0 Å². The Morgan fingerprint density at radius 2 is 2.18 bits per heavy atom.